The van der Waals surface area contributed by atoms with Gasteiger partial charge in [0.15, 0.2) is 6.29 Å². The molecule has 1 aliphatic carbocycles. The Kier molecular flexibility index (Phi) is 7.24. The highest BCUT2D eigenvalue weighted by Crippen LogP contribution is 2.30. The minimum absolute atomic E-state index is 0.139. The summed E-state index contributed by atoms with van der Waals surface area (Å²) < 4.78 is 13.5. The zero-order chi connectivity index (χ0) is 23.5. The zero-order valence-corrected chi connectivity index (χ0v) is 19.5. The molecule has 2 saturated heterocycles. The summed E-state index contributed by atoms with van der Waals surface area (Å²) >= 11 is 12.5. The number of piperazine rings is 1. The number of aldehydes is 1. The first-order valence-electron chi connectivity index (χ1n) is 10.9. The monoisotopic (exact) mass is 494 g/mol. The van der Waals surface area contributed by atoms with Crippen molar-refractivity contribution >= 4 is 47.1 Å². The number of benzene rings is 1. The molecular formula is C23H25Cl2FN4O3. The van der Waals surface area contributed by atoms with Gasteiger partial charge in [-0.15, -0.1) is 11.6 Å². The third kappa shape index (κ3) is 5.17. The third-order valence-corrected chi connectivity index (χ3v) is 6.91. The fourth-order valence-corrected chi connectivity index (χ4v) is 5.06. The largest absolute Gasteiger partial charge is 0.367 e. The Balaban J connectivity index is 1.48. The van der Waals surface area contributed by atoms with E-state index in [-0.39, 0.29) is 22.9 Å². The van der Waals surface area contributed by atoms with Crippen LogP contribution in [0, 0.1) is 5.82 Å². The highest BCUT2D eigenvalue weighted by Gasteiger charge is 2.37. The first-order valence-corrected chi connectivity index (χ1v) is 11.7. The standard InChI is InChI=1S/C23H25Cl2FN4O3/c24-17-2-1-15(19(25)13-17)12-21(30-6-5-27-23(30)33)22(32)29-9-7-28(8-10-29)20-4-3-18(26)11-16(20)14-31/h1,3-4,11,13-14,17,21H,2,5-10,12H2,(H,27,33)/t17?,21-/m1/s1. The van der Waals surface area contributed by atoms with E-state index in [1.165, 1.54) is 12.1 Å². The van der Waals surface area contributed by atoms with Gasteiger partial charge in [0, 0.05) is 62.0 Å². The predicted octanol–water partition coefficient (Wildman–Crippen LogP) is 3.13. The Morgan fingerprint density at radius 2 is 2.00 bits per heavy atom. The van der Waals surface area contributed by atoms with E-state index in [1.807, 2.05) is 11.0 Å². The second-order valence-electron chi connectivity index (χ2n) is 8.27. The molecule has 1 unspecified atom stereocenters. The molecule has 176 valence electrons. The lowest BCUT2D eigenvalue weighted by atomic mass is 9.97. The fraction of sp³-hybridized carbons (Fsp3) is 0.435. The van der Waals surface area contributed by atoms with E-state index < -0.39 is 11.9 Å². The second-order valence-corrected chi connectivity index (χ2v) is 9.24. The number of halogens is 3. The molecule has 1 aromatic carbocycles. The number of rotatable bonds is 6. The maximum absolute atomic E-state index is 13.6. The summed E-state index contributed by atoms with van der Waals surface area (Å²) in [6.07, 6.45) is 5.27. The minimum Gasteiger partial charge on any atom is -0.367 e. The average Bonchev–Trinajstić information content (AvgIpc) is 3.23. The SMILES string of the molecule is O=Cc1cc(F)ccc1N1CCN(C(=O)[C@@H](CC2=CCC(Cl)C=C2Cl)N2CCNC2=O)CC1. The Morgan fingerprint density at radius 1 is 1.24 bits per heavy atom. The van der Waals surface area contributed by atoms with Crippen LogP contribution in [-0.4, -0.2) is 78.7 Å². The lowest BCUT2D eigenvalue weighted by Gasteiger charge is -2.39. The van der Waals surface area contributed by atoms with Crippen molar-refractivity contribution in [2.75, 3.05) is 44.2 Å². The molecule has 10 heteroatoms. The summed E-state index contributed by atoms with van der Waals surface area (Å²) in [5, 5.41) is 3.10. The van der Waals surface area contributed by atoms with Crippen LogP contribution in [0.3, 0.4) is 0 Å². The number of carbonyl (C=O) groups excluding carboxylic acids is 3. The molecule has 0 bridgehead atoms. The van der Waals surface area contributed by atoms with Crippen LogP contribution < -0.4 is 10.2 Å². The summed E-state index contributed by atoms with van der Waals surface area (Å²) in [6.45, 7) is 2.77. The quantitative estimate of drug-likeness (QED) is 0.487. The van der Waals surface area contributed by atoms with Crippen LogP contribution >= 0.6 is 23.2 Å². The minimum atomic E-state index is -0.671. The molecule has 2 aliphatic heterocycles. The maximum atomic E-state index is 13.6. The zero-order valence-electron chi connectivity index (χ0n) is 18.0. The van der Waals surface area contributed by atoms with Crippen molar-refractivity contribution in [2.45, 2.75) is 24.3 Å². The lowest BCUT2D eigenvalue weighted by molar-refractivity contribution is -0.136. The first kappa shape index (κ1) is 23.6. The Labute approximate surface area is 201 Å². The summed E-state index contributed by atoms with van der Waals surface area (Å²) in [6, 6.07) is 3.18. The third-order valence-electron chi connectivity index (χ3n) is 6.24. The maximum Gasteiger partial charge on any atom is 0.318 e. The van der Waals surface area contributed by atoms with Crippen molar-refractivity contribution in [3.05, 3.63) is 52.3 Å². The molecule has 0 radical (unpaired) electrons. The van der Waals surface area contributed by atoms with Crippen molar-refractivity contribution in [1.82, 2.24) is 15.1 Å². The van der Waals surface area contributed by atoms with Gasteiger partial charge in [-0.25, -0.2) is 9.18 Å². The molecular weight excluding hydrogens is 470 g/mol. The van der Waals surface area contributed by atoms with Gasteiger partial charge in [-0.2, -0.15) is 0 Å². The molecule has 2 heterocycles. The summed E-state index contributed by atoms with van der Waals surface area (Å²) in [5.74, 6) is -0.605. The van der Waals surface area contributed by atoms with Crippen LogP contribution in [0.2, 0.25) is 0 Å². The number of alkyl halides is 1. The smallest absolute Gasteiger partial charge is 0.318 e. The number of amides is 3. The molecule has 33 heavy (non-hydrogen) atoms. The van der Waals surface area contributed by atoms with E-state index in [0.29, 0.717) is 69.1 Å². The highest BCUT2D eigenvalue weighted by atomic mass is 35.5. The van der Waals surface area contributed by atoms with Gasteiger partial charge in [0.2, 0.25) is 5.91 Å². The molecule has 1 aromatic rings. The highest BCUT2D eigenvalue weighted by molar-refractivity contribution is 6.33. The number of nitrogens with zero attached hydrogens (tertiary/aromatic N) is 3. The van der Waals surface area contributed by atoms with Gasteiger partial charge in [-0.05, 0) is 36.3 Å². The molecule has 0 aromatic heterocycles. The molecule has 3 amide bonds. The van der Waals surface area contributed by atoms with Crippen LogP contribution in [0.1, 0.15) is 23.2 Å². The van der Waals surface area contributed by atoms with E-state index in [0.717, 1.165) is 5.57 Å². The summed E-state index contributed by atoms with van der Waals surface area (Å²) in [4.78, 5) is 42.6. The molecule has 1 N–H and O–H groups in total. The number of carbonyl (C=O) groups is 3. The Morgan fingerprint density at radius 3 is 2.64 bits per heavy atom. The second kappa shape index (κ2) is 10.1. The van der Waals surface area contributed by atoms with Crippen LogP contribution in [-0.2, 0) is 4.79 Å². The van der Waals surface area contributed by atoms with Crippen molar-refractivity contribution in [3.8, 4) is 0 Å². The van der Waals surface area contributed by atoms with Gasteiger partial charge in [-0.3, -0.25) is 9.59 Å². The molecule has 2 atom stereocenters. The van der Waals surface area contributed by atoms with Gasteiger partial charge in [-0.1, -0.05) is 17.7 Å². The van der Waals surface area contributed by atoms with E-state index in [9.17, 15) is 18.8 Å². The molecule has 7 nitrogen and oxygen atoms in total. The van der Waals surface area contributed by atoms with Crippen LogP contribution in [0.25, 0.3) is 0 Å². The Hall–Kier alpha value is -2.58. The van der Waals surface area contributed by atoms with Crippen molar-refractivity contribution < 1.29 is 18.8 Å². The van der Waals surface area contributed by atoms with Gasteiger partial charge >= 0.3 is 6.03 Å². The molecule has 2 fully saturated rings. The number of allylic oxidation sites excluding steroid dienone is 3. The van der Waals surface area contributed by atoms with Crippen LogP contribution in [0.4, 0.5) is 14.9 Å². The van der Waals surface area contributed by atoms with E-state index >= 15 is 0 Å². The topological polar surface area (TPSA) is 73.0 Å². The van der Waals surface area contributed by atoms with Gasteiger partial charge < -0.3 is 20.0 Å². The van der Waals surface area contributed by atoms with Crippen LogP contribution in [0.5, 0.6) is 0 Å². The van der Waals surface area contributed by atoms with Crippen molar-refractivity contribution in [2.24, 2.45) is 0 Å². The normalized spacial score (nSPS) is 22.0. The van der Waals surface area contributed by atoms with Crippen molar-refractivity contribution in [1.29, 1.82) is 0 Å². The lowest BCUT2D eigenvalue weighted by Crippen LogP contribution is -2.55. The number of hydrogen-bond acceptors (Lipinski definition) is 4. The molecule has 0 saturated carbocycles. The number of nitrogens with one attached hydrogen (secondary N) is 1. The van der Waals surface area contributed by atoms with E-state index in [1.54, 1.807) is 21.9 Å². The number of hydrogen-bond donors (Lipinski definition) is 1. The summed E-state index contributed by atoms with van der Waals surface area (Å²) in [5.41, 5.74) is 1.74. The Bertz CT molecular complexity index is 1010. The fourth-order valence-electron chi connectivity index (χ4n) is 4.48. The average molecular weight is 495 g/mol. The van der Waals surface area contributed by atoms with Gasteiger partial charge in [0.05, 0.1) is 5.38 Å². The van der Waals surface area contributed by atoms with E-state index in [2.05, 4.69) is 5.32 Å². The first-order chi connectivity index (χ1) is 15.9. The molecule has 4 rings (SSSR count). The molecule has 3 aliphatic rings. The van der Waals surface area contributed by atoms with Crippen LogP contribution in [0.15, 0.2) is 41.0 Å². The summed E-state index contributed by atoms with van der Waals surface area (Å²) in [7, 11) is 0. The predicted molar refractivity (Wildman–Crippen MR) is 125 cm³/mol. The van der Waals surface area contributed by atoms with Crippen molar-refractivity contribution in [3.63, 3.8) is 0 Å². The van der Waals surface area contributed by atoms with Gasteiger partial charge in [0.1, 0.15) is 11.9 Å². The number of urea groups is 1. The van der Waals surface area contributed by atoms with E-state index in [4.69, 9.17) is 23.2 Å². The molecule has 0 spiro atoms. The number of anilines is 1. The van der Waals surface area contributed by atoms with Gasteiger partial charge in [0.25, 0.3) is 0 Å².